The summed E-state index contributed by atoms with van der Waals surface area (Å²) in [5, 5.41) is 3.36. The molecule has 0 aromatic carbocycles. The molecule has 1 amide bonds. The van der Waals surface area contributed by atoms with E-state index in [0.717, 1.165) is 43.1 Å². The second-order valence-corrected chi connectivity index (χ2v) is 5.10. The Labute approximate surface area is 101 Å². The van der Waals surface area contributed by atoms with Crippen LogP contribution >= 0.6 is 0 Å². The van der Waals surface area contributed by atoms with E-state index in [1.54, 1.807) is 0 Å². The number of furan rings is 1. The van der Waals surface area contributed by atoms with E-state index in [4.69, 9.17) is 4.42 Å². The number of fused-ring (bicyclic) bond motifs is 1. The quantitative estimate of drug-likeness (QED) is 0.797. The van der Waals surface area contributed by atoms with Gasteiger partial charge >= 0.3 is 0 Å². The van der Waals surface area contributed by atoms with E-state index in [-0.39, 0.29) is 5.91 Å². The van der Waals surface area contributed by atoms with E-state index in [1.807, 2.05) is 24.8 Å². The van der Waals surface area contributed by atoms with E-state index in [2.05, 4.69) is 5.32 Å². The third kappa shape index (κ3) is 1.67. The molecule has 3 rings (SSSR count). The first-order chi connectivity index (χ1) is 8.16. The summed E-state index contributed by atoms with van der Waals surface area (Å²) in [5.41, 5.74) is 0.732. The molecule has 3 heterocycles. The maximum Gasteiger partial charge on any atom is 0.257 e. The summed E-state index contributed by atoms with van der Waals surface area (Å²) < 4.78 is 5.44. The molecule has 2 atom stereocenters. The van der Waals surface area contributed by atoms with Crippen LogP contribution in [0, 0.1) is 19.8 Å². The van der Waals surface area contributed by atoms with Crippen molar-refractivity contribution in [3.05, 3.63) is 23.2 Å². The van der Waals surface area contributed by atoms with Crippen LogP contribution in [0.5, 0.6) is 0 Å². The number of hydrogen-bond donors (Lipinski definition) is 1. The number of aryl methyl sites for hydroxylation is 2. The van der Waals surface area contributed by atoms with Crippen molar-refractivity contribution in [3.8, 4) is 0 Å². The fourth-order valence-electron chi connectivity index (χ4n) is 3.10. The number of carbonyl (C=O) groups is 1. The Bertz CT molecular complexity index is 452. The first kappa shape index (κ1) is 10.8. The van der Waals surface area contributed by atoms with Gasteiger partial charge in [-0.25, -0.2) is 0 Å². The lowest BCUT2D eigenvalue weighted by Crippen LogP contribution is -2.39. The Kier molecular flexibility index (Phi) is 2.47. The van der Waals surface area contributed by atoms with Gasteiger partial charge in [0.1, 0.15) is 11.5 Å². The smallest absolute Gasteiger partial charge is 0.257 e. The summed E-state index contributed by atoms with van der Waals surface area (Å²) in [6, 6.07) is 2.24. The van der Waals surface area contributed by atoms with Gasteiger partial charge in [-0.3, -0.25) is 4.79 Å². The van der Waals surface area contributed by atoms with Crippen LogP contribution in [0.15, 0.2) is 10.5 Å². The molecule has 2 aliphatic rings. The fourth-order valence-corrected chi connectivity index (χ4v) is 3.10. The first-order valence-corrected chi connectivity index (χ1v) is 6.25. The summed E-state index contributed by atoms with van der Waals surface area (Å²) in [7, 11) is 0. The van der Waals surface area contributed by atoms with Crippen LogP contribution in [0.1, 0.15) is 28.3 Å². The van der Waals surface area contributed by atoms with Crippen LogP contribution in [0.25, 0.3) is 0 Å². The highest BCUT2D eigenvalue weighted by Gasteiger charge is 2.40. The molecular formula is C13H18N2O2. The zero-order chi connectivity index (χ0) is 12.0. The number of likely N-dealkylation sites (tertiary alicyclic amines) is 1. The molecule has 0 aliphatic carbocycles. The normalized spacial score (nSPS) is 27.5. The molecule has 0 spiro atoms. The van der Waals surface area contributed by atoms with Gasteiger partial charge in [0.2, 0.25) is 0 Å². The highest BCUT2D eigenvalue weighted by molar-refractivity contribution is 5.95. The van der Waals surface area contributed by atoms with Crippen LogP contribution in [-0.4, -0.2) is 36.5 Å². The molecule has 1 N–H and O–H groups in total. The molecule has 92 valence electrons. The summed E-state index contributed by atoms with van der Waals surface area (Å²) in [4.78, 5) is 14.5. The lowest BCUT2D eigenvalue weighted by Gasteiger charge is -2.23. The molecule has 2 saturated heterocycles. The van der Waals surface area contributed by atoms with Gasteiger partial charge in [0, 0.05) is 25.7 Å². The maximum atomic E-state index is 12.5. The van der Waals surface area contributed by atoms with Crippen LogP contribution in [-0.2, 0) is 0 Å². The zero-order valence-electron chi connectivity index (χ0n) is 10.3. The van der Waals surface area contributed by atoms with E-state index < -0.39 is 0 Å². The Morgan fingerprint density at radius 1 is 1.47 bits per heavy atom. The first-order valence-electron chi connectivity index (χ1n) is 6.25. The molecule has 2 fully saturated rings. The third-order valence-electron chi connectivity index (χ3n) is 3.98. The second-order valence-electron chi connectivity index (χ2n) is 5.10. The van der Waals surface area contributed by atoms with Crippen molar-refractivity contribution in [3.63, 3.8) is 0 Å². The van der Waals surface area contributed by atoms with Crippen molar-refractivity contribution in [2.45, 2.75) is 26.3 Å². The minimum Gasteiger partial charge on any atom is -0.466 e. The van der Waals surface area contributed by atoms with Crippen molar-refractivity contribution >= 4 is 5.91 Å². The molecular weight excluding hydrogens is 216 g/mol. The Balaban J connectivity index is 1.85. The van der Waals surface area contributed by atoms with E-state index in [1.165, 1.54) is 0 Å². The van der Waals surface area contributed by atoms with Gasteiger partial charge in [-0.15, -0.1) is 0 Å². The maximum absolute atomic E-state index is 12.5. The lowest BCUT2D eigenvalue weighted by molar-refractivity contribution is 0.0735. The molecule has 1 aromatic heterocycles. The van der Waals surface area contributed by atoms with Gasteiger partial charge in [0.25, 0.3) is 5.91 Å². The fraction of sp³-hybridized carbons (Fsp3) is 0.615. The predicted octanol–water partition coefficient (Wildman–Crippen LogP) is 1.33. The number of carbonyl (C=O) groups excluding carboxylic acids is 1. The lowest BCUT2D eigenvalue weighted by atomic mass is 10.0. The highest BCUT2D eigenvalue weighted by Crippen LogP contribution is 2.29. The molecule has 0 unspecified atom stereocenters. The Morgan fingerprint density at radius 3 is 3.00 bits per heavy atom. The Morgan fingerprint density at radius 2 is 2.29 bits per heavy atom. The van der Waals surface area contributed by atoms with Crippen LogP contribution < -0.4 is 5.32 Å². The molecule has 4 heteroatoms. The number of amides is 1. The average Bonchev–Trinajstić information content (AvgIpc) is 2.91. The average molecular weight is 234 g/mol. The molecule has 0 bridgehead atoms. The van der Waals surface area contributed by atoms with Crippen molar-refractivity contribution < 1.29 is 9.21 Å². The minimum atomic E-state index is 0.135. The monoisotopic (exact) mass is 234 g/mol. The van der Waals surface area contributed by atoms with Gasteiger partial charge in [-0.1, -0.05) is 0 Å². The highest BCUT2D eigenvalue weighted by atomic mass is 16.3. The zero-order valence-corrected chi connectivity index (χ0v) is 10.3. The largest absolute Gasteiger partial charge is 0.466 e. The van der Waals surface area contributed by atoms with Gasteiger partial charge < -0.3 is 14.6 Å². The predicted molar refractivity (Wildman–Crippen MR) is 64.0 cm³/mol. The standard InChI is InChI=1S/C13H18N2O2/c1-8-5-11(9(2)17-8)13(16)15-4-3-10-6-14-7-12(10)15/h5,10,12,14H,3-4,6-7H2,1-2H3/t10-,12+/m0/s1. The van der Waals surface area contributed by atoms with Gasteiger partial charge in [0.15, 0.2) is 0 Å². The molecule has 0 radical (unpaired) electrons. The topological polar surface area (TPSA) is 45.5 Å². The van der Waals surface area contributed by atoms with Gasteiger partial charge in [-0.05, 0) is 32.3 Å². The second kappa shape index (κ2) is 3.88. The molecule has 4 nitrogen and oxygen atoms in total. The van der Waals surface area contributed by atoms with Crippen LogP contribution in [0.4, 0.5) is 0 Å². The Hall–Kier alpha value is -1.29. The molecule has 0 saturated carbocycles. The molecule has 17 heavy (non-hydrogen) atoms. The summed E-state index contributed by atoms with van der Waals surface area (Å²) >= 11 is 0. The number of nitrogens with one attached hydrogen (secondary N) is 1. The van der Waals surface area contributed by atoms with Crippen LogP contribution in [0.3, 0.4) is 0 Å². The van der Waals surface area contributed by atoms with Crippen molar-refractivity contribution in [2.75, 3.05) is 19.6 Å². The number of nitrogens with zero attached hydrogens (tertiary/aromatic N) is 1. The van der Waals surface area contributed by atoms with Gasteiger partial charge in [0.05, 0.1) is 5.56 Å². The molecule has 1 aromatic rings. The summed E-state index contributed by atoms with van der Waals surface area (Å²) in [6.45, 7) is 6.62. The SMILES string of the molecule is Cc1cc(C(=O)N2CC[C@H]3CNC[C@H]32)c(C)o1. The van der Waals surface area contributed by atoms with Crippen LogP contribution in [0.2, 0.25) is 0 Å². The van der Waals surface area contributed by atoms with E-state index in [9.17, 15) is 4.79 Å². The van der Waals surface area contributed by atoms with Crippen molar-refractivity contribution in [1.29, 1.82) is 0 Å². The van der Waals surface area contributed by atoms with E-state index in [0.29, 0.717) is 12.0 Å². The van der Waals surface area contributed by atoms with Gasteiger partial charge in [-0.2, -0.15) is 0 Å². The molecule has 2 aliphatic heterocycles. The summed E-state index contributed by atoms with van der Waals surface area (Å²) in [5.74, 6) is 2.33. The minimum absolute atomic E-state index is 0.135. The van der Waals surface area contributed by atoms with Crippen molar-refractivity contribution in [1.82, 2.24) is 10.2 Å². The summed E-state index contributed by atoms with van der Waals surface area (Å²) in [6.07, 6.45) is 1.12. The van der Waals surface area contributed by atoms with E-state index >= 15 is 0 Å². The number of hydrogen-bond acceptors (Lipinski definition) is 3. The number of rotatable bonds is 1. The third-order valence-corrected chi connectivity index (χ3v) is 3.98. The van der Waals surface area contributed by atoms with Crippen molar-refractivity contribution in [2.24, 2.45) is 5.92 Å².